The van der Waals surface area contributed by atoms with Crippen LogP contribution in [0.25, 0.3) is 22.7 Å². The van der Waals surface area contributed by atoms with Crippen LogP contribution < -0.4 is 11.1 Å². The van der Waals surface area contributed by atoms with Crippen molar-refractivity contribution in [1.82, 2.24) is 29.5 Å². The van der Waals surface area contributed by atoms with Gasteiger partial charge in [0.25, 0.3) is 0 Å². The smallest absolute Gasteiger partial charge is 0.229 e. The van der Waals surface area contributed by atoms with Crippen LogP contribution in [0.3, 0.4) is 0 Å². The molecular weight excluding hydrogens is 328 g/mol. The highest BCUT2D eigenvalue weighted by molar-refractivity contribution is 5.77. The number of hydrogen-bond donors (Lipinski definition) is 2. The zero-order valence-corrected chi connectivity index (χ0v) is 14.5. The van der Waals surface area contributed by atoms with Gasteiger partial charge in [0.15, 0.2) is 11.5 Å². The topological polar surface area (TPSA) is 107 Å². The number of fused-ring (bicyclic) bond motifs is 1. The van der Waals surface area contributed by atoms with E-state index in [1.54, 1.807) is 18.5 Å². The van der Waals surface area contributed by atoms with E-state index in [1.165, 1.54) is 0 Å². The Kier molecular flexibility index (Phi) is 3.92. The number of nitrogen functional groups attached to an aromatic ring is 1. The maximum Gasteiger partial charge on any atom is 0.229 e. The summed E-state index contributed by atoms with van der Waals surface area (Å²) < 4.78 is 1.99. The summed E-state index contributed by atoms with van der Waals surface area (Å²) in [6.45, 7) is 4.76. The first-order valence-electron chi connectivity index (χ1n) is 8.30. The standard InChI is InChI=1S/C18H18N8/c1-3-26-15(13-8-9-20-17(19)23-13)22-14-10-21-18(25-16(14)26)24-12-7-5-4-6-11(12)2/h4-10H,3H2,1-2H3,(H2,19,20,23)(H,21,24,25). The Hall–Kier alpha value is -3.55. The lowest BCUT2D eigenvalue weighted by Gasteiger charge is -2.08. The molecule has 0 aliphatic rings. The zero-order chi connectivity index (χ0) is 18.1. The molecule has 0 amide bonds. The van der Waals surface area contributed by atoms with Gasteiger partial charge in [0, 0.05) is 18.4 Å². The number of imidazole rings is 1. The second-order valence-electron chi connectivity index (χ2n) is 5.82. The molecule has 4 aromatic rings. The second-order valence-corrected chi connectivity index (χ2v) is 5.82. The normalized spacial score (nSPS) is 11.0. The summed E-state index contributed by atoms with van der Waals surface area (Å²) in [6, 6.07) is 9.78. The predicted octanol–water partition coefficient (Wildman–Crippen LogP) is 2.94. The Morgan fingerprint density at radius 3 is 2.69 bits per heavy atom. The Morgan fingerprint density at radius 1 is 1.08 bits per heavy atom. The summed E-state index contributed by atoms with van der Waals surface area (Å²) in [5, 5.41) is 3.26. The van der Waals surface area contributed by atoms with Crippen molar-refractivity contribution in [3.63, 3.8) is 0 Å². The van der Waals surface area contributed by atoms with Crippen LogP contribution in [-0.2, 0) is 6.54 Å². The third-order valence-electron chi connectivity index (χ3n) is 4.10. The van der Waals surface area contributed by atoms with Crippen LogP contribution in [0.5, 0.6) is 0 Å². The molecule has 0 saturated heterocycles. The van der Waals surface area contributed by atoms with E-state index in [2.05, 4.69) is 30.2 Å². The molecule has 8 nitrogen and oxygen atoms in total. The lowest BCUT2D eigenvalue weighted by molar-refractivity contribution is 0.783. The van der Waals surface area contributed by atoms with Gasteiger partial charge in [-0.15, -0.1) is 0 Å². The molecule has 3 N–H and O–H groups in total. The van der Waals surface area contributed by atoms with Crippen LogP contribution in [0.4, 0.5) is 17.6 Å². The lowest BCUT2D eigenvalue weighted by Crippen LogP contribution is -2.03. The number of nitrogens with zero attached hydrogens (tertiary/aromatic N) is 6. The Morgan fingerprint density at radius 2 is 1.92 bits per heavy atom. The number of nitrogens with one attached hydrogen (secondary N) is 1. The molecular formula is C18H18N8. The van der Waals surface area contributed by atoms with Gasteiger partial charge >= 0.3 is 0 Å². The van der Waals surface area contributed by atoms with Gasteiger partial charge in [0.1, 0.15) is 11.2 Å². The molecule has 0 aliphatic heterocycles. The third-order valence-corrected chi connectivity index (χ3v) is 4.10. The van der Waals surface area contributed by atoms with Gasteiger partial charge in [0.2, 0.25) is 11.9 Å². The molecule has 0 unspecified atom stereocenters. The highest BCUT2D eigenvalue weighted by Crippen LogP contribution is 2.24. The average Bonchev–Trinajstić information content (AvgIpc) is 3.01. The molecule has 3 aromatic heterocycles. The third kappa shape index (κ3) is 2.81. The molecule has 26 heavy (non-hydrogen) atoms. The van der Waals surface area contributed by atoms with Crippen molar-refractivity contribution in [3.8, 4) is 11.5 Å². The van der Waals surface area contributed by atoms with E-state index in [-0.39, 0.29) is 5.95 Å². The minimum Gasteiger partial charge on any atom is -0.368 e. The number of anilines is 3. The molecule has 8 heteroatoms. The van der Waals surface area contributed by atoms with Crippen molar-refractivity contribution in [2.75, 3.05) is 11.1 Å². The molecule has 0 fully saturated rings. The number of para-hydroxylation sites is 1. The number of aromatic nitrogens is 6. The van der Waals surface area contributed by atoms with Crippen molar-refractivity contribution >= 4 is 28.7 Å². The minimum atomic E-state index is 0.213. The Balaban J connectivity index is 1.80. The Labute approximate surface area is 150 Å². The summed E-state index contributed by atoms with van der Waals surface area (Å²) in [6.07, 6.45) is 3.33. The average molecular weight is 346 g/mol. The first-order chi connectivity index (χ1) is 12.7. The molecule has 0 radical (unpaired) electrons. The SMILES string of the molecule is CCn1c(-c2ccnc(N)n2)nc2cnc(Nc3ccccc3C)nc21. The second kappa shape index (κ2) is 6.40. The van der Waals surface area contributed by atoms with E-state index < -0.39 is 0 Å². The van der Waals surface area contributed by atoms with Crippen LogP contribution in [-0.4, -0.2) is 29.5 Å². The zero-order valence-electron chi connectivity index (χ0n) is 14.5. The lowest BCUT2D eigenvalue weighted by atomic mass is 10.2. The maximum atomic E-state index is 5.71. The van der Waals surface area contributed by atoms with Crippen molar-refractivity contribution in [3.05, 3.63) is 48.3 Å². The number of nitrogens with two attached hydrogens (primary N) is 1. The minimum absolute atomic E-state index is 0.213. The van der Waals surface area contributed by atoms with E-state index in [0.717, 1.165) is 16.9 Å². The Bertz CT molecular complexity index is 1090. The van der Waals surface area contributed by atoms with Crippen molar-refractivity contribution < 1.29 is 0 Å². The molecule has 0 aliphatic carbocycles. The fraction of sp³-hybridized carbons (Fsp3) is 0.167. The number of hydrogen-bond acceptors (Lipinski definition) is 7. The number of benzene rings is 1. The monoisotopic (exact) mass is 346 g/mol. The van der Waals surface area contributed by atoms with Crippen LogP contribution >= 0.6 is 0 Å². The van der Waals surface area contributed by atoms with Gasteiger partial charge in [-0.25, -0.2) is 19.9 Å². The van der Waals surface area contributed by atoms with Crippen LogP contribution in [0.2, 0.25) is 0 Å². The first-order valence-corrected chi connectivity index (χ1v) is 8.30. The fourth-order valence-corrected chi connectivity index (χ4v) is 2.81. The molecule has 3 heterocycles. The van der Waals surface area contributed by atoms with E-state index in [0.29, 0.717) is 29.5 Å². The van der Waals surface area contributed by atoms with E-state index in [1.807, 2.05) is 42.7 Å². The number of aryl methyl sites for hydroxylation is 2. The number of rotatable bonds is 4. The van der Waals surface area contributed by atoms with Gasteiger partial charge in [-0.1, -0.05) is 18.2 Å². The summed E-state index contributed by atoms with van der Waals surface area (Å²) >= 11 is 0. The highest BCUT2D eigenvalue weighted by Gasteiger charge is 2.15. The van der Waals surface area contributed by atoms with Crippen molar-refractivity contribution in [2.24, 2.45) is 0 Å². The van der Waals surface area contributed by atoms with Gasteiger partial charge in [-0.05, 0) is 31.5 Å². The predicted molar refractivity (Wildman–Crippen MR) is 101 cm³/mol. The maximum absolute atomic E-state index is 5.71. The van der Waals surface area contributed by atoms with Crippen LogP contribution in [0.15, 0.2) is 42.7 Å². The van der Waals surface area contributed by atoms with Crippen molar-refractivity contribution in [2.45, 2.75) is 20.4 Å². The highest BCUT2D eigenvalue weighted by atomic mass is 15.2. The van der Waals surface area contributed by atoms with Crippen LogP contribution in [0, 0.1) is 6.92 Å². The van der Waals surface area contributed by atoms with Crippen molar-refractivity contribution in [1.29, 1.82) is 0 Å². The van der Waals surface area contributed by atoms with E-state index in [4.69, 9.17) is 5.73 Å². The fourth-order valence-electron chi connectivity index (χ4n) is 2.81. The van der Waals surface area contributed by atoms with Gasteiger partial charge in [0.05, 0.1) is 6.20 Å². The summed E-state index contributed by atoms with van der Waals surface area (Å²) in [4.78, 5) is 21.9. The van der Waals surface area contributed by atoms with Gasteiger partial charge < -0.3 is 15.6 Å². The molecule has 0 atom stereocenters. The molecule has 0 bridgehead atoms. The molecule has 4 rings (SSSR count). The molecule has 1 aromatic carbocycles. The van der Waals surface area contributed by atoms with E-state index >= 15 is 0 Å². The molecule has 0 saturated carbocycles. The largest absolute Gasteiger partial charge is 0.368 e. The summed E-state index contributed by atoms with van der Waals surface area (Å²) in [7, 11) is 0. The first kappa shape index (κ1) is 15.9. The summed E-state index contributed by atoms with van der Waals surface area (Å²) in [5.41, 5.74) is 9.90. The van der Waals surface area contributed by atoms with Gasteiger partial charge in [-0.2, -0.15) is 4.98 Å². The molecule has 130 valence electrons. The summed E-state index contributed by atoms with van der Waals surface area (Å²) in [5.74, 6) is 1.43. The van der Waals surface area contributed by atoms with E-state index in [9.17, 15) is 0 Å². The van der Waals surface area contributed by atoms with Crippen LogP contribution in [0.1, 0.15) is 12.5 Å². The molecule has 0 spiro atoms. The van der Waals surface area contributed by atoms with Gasteiger partial charge in [-0.3, -0.25) is 0 Å². The quantitative estimate of drug-likeness (QED) is 0.585.